The zero-order valence-corrected chi connectivity index (χ0v) is 21.6. The van der Waals surface area contributed by atoms with Crippen LogP contribution in [0, 0.1) is 11.3 Å². The molecule has 0 bridgehead atoms. The van der Waals surface area contributed by atoms with Gasteiger partial charge in [-0.1, -0.05) is 42.5 Å². The van der Waals surface area contributed by atoms with E-state index in [1.165, 1.54) is 16.0 Å². The Morgan fingerprint density at radius 1 is 1.03 bits per heavy atom. The van der Waals surface area contributed by atoms with Crippen LogP contribution in [0.15, 0.2) is 59.5 Å². The normalized spacial score (nSPS) is 20.8. The Labute approximate surface area is 213 Å². The van der Waals surface area contributed by atoms with Crippen LogP contribution in [-0.2, 0) is 16.1 Å². The summed E-state index contributed by atoms with van der Waals surface area (Å²) in [6, 6.07) is 19.0. The largest absolute Gasteiger partial charge is 0.349 e. The van der Waals surface area contributed by atoms with Gasteiger partial charge < -0.3 is 15.1 Å². The maximum atomic E-state index is 13.4. The molecular formula is C29H37N3O2S. The number of carbonyl (C=O) groups is 2. The van der Waals surface area contributed by atoms with E-state index in [0.717, 1.165) is 71.2 Å². The molecule has 2 amide bonds. The molecule has 6 heteroatoms. The van der Waals surface area contributed by atoms with Crippen LogP contribution in [0.25, 0.3) is 0 Å². The summed E-state index contributed by atoms with van der Waals surface area (Å²) >= 11 is 1.74. The average Bonchev–Trinajstić information content (AvgIpc) is 3.72. The van der Waals surface area contributed by atoms with Crippen molar-refractivity contribution in [3.63, 3.8) is 0 Å². The van der Waals surface area contributed by atoms with E-state index in [0.29, 0.717) is 5.91 Å². The third-order valence-corrected chi connectivity index (χ3v) is 8.89. The van der Waals surface area contributed by atoms with Crippen LogP contribution in [0.3, 0.4) is 0 Å². The second-order valence-corrected chi connectivity index (χ2v) is 11.4. The van der Waals surface area contributed by atoms with Crippen molar-refractivity contribution in [3.8, 4) is 0 Å². The molecule has 1 saturated carbocycles. The van der Waals surface area contributed by atoms with Gasteiger partial charge in [-0.25, -0.2) is 0 Å². The standard InChI is InChI=1S/C29H37N3O2S/c1-35-25-11-7-22(8-12-25)21-32-20-16-29(28(32)34)14-18-31(19-15-29)17-13-26(23-5-3-2-4-6-23)30-27(33)24-9-10-24/h2-8,11-12,24,26H,9-10,13-21H2,1H3,(H,30,33)/t26-/m0/s1. The van der Waals surface area contributed by atoms with Crippen molar-refractivity contribution in [2.24, 2.45) is 11.3 Å². The first kappa shape index (κ1) is 24.4. The number of rotatable bonds is 9. The van der Waals surface area contributed by atoms with Gasteiger partial charge in [0.05, 0.1) is 11.5 Å². The molecule has 1 aliphatic carbocycles. The summed E-state index contributed by atoms with van der Waals surface area (Å²) in [5, 5.41) is 3.30. The highest BCUT2D eigenvalue weighted by molar-refractivity contribution is 7.98. The number of hydrogen-bond acceptors (Lipinski definition) is 4. The monoisotopic (exact) mass is 491 g/mol. The van der Waals surface area contributed by atoms with E-state index in [-0.39, 0.29) is 23.3 Å². The highest BCUT2D eigenvalue weighted by Crippen LogP contribution is 2.42. The van der Waals surface area contributed by atoms with Crippen molar-refractivity contribution in [2.45, 2.75) is 56.0 Å². The molecule has 1 N–H and O–H groups in total. The summed E-state index contributed by atoms with van der Waals surface area (Å²) in [4.78, 5) is 31.7. The summed E-state index contributed by atoms with van der Waals surface area (Å²) in [5.41, 5.74) is 2.22. The van der Waals surface area contributed by atoms with Crippen LogP contribution < -0.4 is 5.32 Å². The van der Waals surface area contributed by atoms with E-state index in [1.807, 2.05) is 18.2 Å². The maximum absolute atomic E-state index is 13.4. The number of thioether (sulfide) groups is 1. The molecule has 186 valence electrons. The van der Waals surface area contributed by atoms with Crippen molar-refractivity contribution >= 4 is 23.6 Å². The number of nitrogens with one attached hydrogen (secondary N) is 1. The minimum Gasteiger partial charge on any atom is -0.349 e. The molecule has 2 aliphatic heterocycles. The Bertz CT molecular complexity index is 1010. The molecule has 5 nitrogen and oxygen atoms in total. The van der Waals surface area contributed by atoms with E-state index in [2.05, 4.69) is 57.8 Å². The lowest BCUT2D eigenvalue weighted by Crippen LogP contribution is -2.45. The number of nitrogens with zero attached hydrogens (tertiary/aromatic N) is 2. The van der Waals surface area contributed by atoms with E-state index in [1.54, 1.807) is 11.8 Å². The zero-order chi connectivity index (χ0) is 24.3. The van der Waals surface area contributed by atoms with Crippen molar-refractivity contribution in [1.29, 1.82) is 0 Å². The van der Waals surface area contributed by atoms with Crippen LogP contribution in [0.2, 0.25) is 0 Å². The minimum atomic E-state index is -0.172. The van der Waals surface area contributed by atoms with Gasteiger partial charge in [-0.15, -0.1) is 11.8 Å². The summed E-state index contributed by atoms with van der Waals surface area (Å²) < 4.78 is 0. The fourth-order valence-corrected chi connectivity index (χ4v) is 6.03. The third kappa shape index (κ3) is 5.75. The first-order valence-electron chi connectivity index (χ1n) is 13.1. The molecule has 0 aromatic heterocycles. The summed E-state index contributed by atoms with van der Waals surface area (Å²) in [7, 11) is 0. The minimum absolute atomic E-state index is 0.0567. The fourth-order valence-electron chi connectivity index (χ4n) is 5.62. The van der Waals surface area contributed by atoms with Crippen LogP contribution in [0.5, 0.6) is 0 Å². The number of piperidine rings is 1. The molecule has 35 heavy (non-hydrogen) atoms. The number of likely N-dealkylation sites (tertiary alicyclic amines) is 2. The average molecular weight is 492 g/mol. The molecule has 2 heterocycles. The lowest BCUT2D eigenvalue weighted by molar-refractivity contribution is -0.139. The number of amides is 2. The second kappa shape index (κ2) is 10.8. The molecule has 1 spiro atoms. The first-order valence-corrected chi connectivity index (χ1v) is 14.3. The van der Waals surface area contributed by atoms with Crippen LogP contribution in [0.1, 0.15) is 55.7 Å². The van der Waals surface area contributed by atoms with Crippen LogP contribution in [-0.4, -0.2) is 54.0 Å². The van der Waals surface area contributed by atoms with Gasteiger partial charge in [-0.2, -0.15) is 0 Å². The van der Waals surface area contributed by atoms with Crippen LogP contribution in [0.4, 0.5) is 0 Å². The van der Waals surface area contributed by atoms with Crippen molar-refractivity contribution in [2.75, 3.05) is 32.4 Å². The number of hydrogen-bond donors (Lipinski definition) is 1. The summed E-state index contributed by atoms with van der Waals surface area (Å²) in [5.74, 6) is 0.775. The number of carbonyl (C=O) groups excluding carboxylic acids is 2. The van der Waals surface area contributed by atoms with Gasteiger partial charge in [0.25, 0.3) is 0 Å². The molecule has 2 saturated heterocycles. The quantitative estimate of drug-likeness (QED) is 0.508. The molecular weight excluding hydrogens is 454 g/mol. The van der Waals surface area contributed by atoms with Gasteiger partial charge in [-0.05, 0) is 81.1 Å². The smallest absolute Gasteiger partial charge is 0.229 e. The van der Waals surface area contributed by atoms with E-state index in [9.17, 15) is 9.59 Å². The first-order chi connectivity index (χ1) is 17.1. The van der Waals surface area contributed by atoms with Crippen molar-refractivity contribution in [1.82, 2.24) is 15.1 Å². The molecule has 3 fully saturated rings. The van der Waals surface area contributed by atoms with Gasteiger partial charge in [0, 0.05) is 30.4 Å². The van der Waals surface area contributed by atoms with Crippen molar-refractivity contribution in [3.05, 3.63) is 65.7 Å². The Hall–Kier alpha value is -2.31. The van der Waals surface area contributed by atoms with E-state index >= 15 is 0 Å². The molecule has 0 unspecified atom stereocenters. The van der Waals surface area contributed by atoms with E-state index in [4.69, 9.17) is 0 Å². The predicted octanol–water partition coefficient (Wildman–Crippen LogP) is 4.88. The summed E-state index contributed by atoms with van der Waals surface area (Å²) in [6.07, 6.45) is 7.90. The molecule has 2 aromatic rings. The van der Waals surface area contributed by atoms with E-state index < -0.39 is 0 Å². The maximum Gasteiger partial charge on any atom is 0.229 e. The SMILES string of the molecule is CSc1ccc(CN2CCC3(CCN(CC[C@H](NC(=O)C4CC4)c4ccccc4)CC3)C2=O)cc1. The van der Waals surface area contributed by atoms with Gasteiger partial charge in [0.1, 0.15) is 0 Å². The van der Waals surface area contributed by atoms with Gasteiger partial charge in [0.2, 0.25) is 11.8 Å². The highest BCUT2D eigenvalue weighted by atomic mass is 32.2. The Balaban J connectivity index is 1.13. The van der Waals surface area contributed by atoms with Gasteiger partial charge >= 0.3 is 0 Å². The van der Waals surface area contributed by atoms with Gasteiger partial charge in [-0.3, -0.25) is 9.59 Å². The highest BCUT2D eigenvalue weighted by Gasteiger charge is 2.47. The molecule has 3 aliphatic rings. The Kier molecular flexibility index (Phi) is 7.49. The number of benzene rings is 2. The predicted molar refractivity (Wildman–Crippen MR) is 141 cm³/mol. The zero-order valence-electron chi connectivity index (χ0n) is 20.7. The molecule has 5 rings (SSSR count). The van der Waals surface area contributed by atoms with Crippen molar-refractivity contribution < 1.29 is 9.59 Å². The second-order valence-electron chi connectivity index (χ2n) is 10.5. The molecule has 2 aromatic carbocycles. The Morgan fingerprint density at radius 2 is 1.71 bits per heavy atom. The lowest BCUT2D eigenvalue weighted by atomic mass is 9.77. The fraction of sp³-hybridized carbons (Fsp3) is 0.517. The lowest BCUT2D eigenvalue weighted by Gasteiger charge is -2.38. The summed E-state index contributed by atoms with van der Waals surface area (Å²) in [6.45, 7) is 4.45. The molecule has 1 atom stereocenters. The Morgan fingerprint density at radius 3 is 2.37 bits per heavy atom. The third-order valence-electron chi connectivity index (χ3n) is 8.15. The van der Waals surface area contributed by atoms with Crippen LogP contribution >= 0.6 is 11.8 Å². The molecule has 0 radical (unpaired) electrons. The van der Waals surface area contributed by atoms with Gasteiger partial charge in [0.15, 0.2) is 0 Å². The topological polar surface area (TPSA) is 52.6 Å².